The first kappa shape index (κ1) is 28.8. The van der Waals surface area contributed by atoms with Crippen molar-refractivity contribution in [3.8, 4) is 11.3 Å². The summed E-state index contributed by atoms with van der Waals surface area (Å²) < 4.78 is 13.9. The predicted octanol–water partition coefficient (Wildman–Crippen LogP) is 5.13. The quantitative estimate of drug-likeness (QED) is 0.390. The SMILES string of the molecule is COCCC1(OC)CCCC[C@@H]1n1cnc(C(=O)N2CCN(C(=O)O)C[C@H]2Cc2ccccc2)c1-c1ccccc1. The molecule has 2 heterocycles. The topological polar surface area (TPSA) is 97.1 Å². The number of hydrogen-bond donors (Lipinski definition) is 1. The number of methoxy groups -OCH3 is 2. The molecular weight excluding hydrogens is 520 g/mol. The fraction of sp³-hybridized carbons (Fsp3) is 0.469. The van der Waals surface area contributed by atoms with Gasteiger partial charge in [-0.25, -0.2) is 9.78 Å². The van der Waals surface area contributed by atoms with Crippen molar-refractivity contribution in [2.45, 2.75) is 56.2 Å². The summed E-state index contributed by atoms with van der Waals surface area (Å²) in [5.41, 5.74) is 2.71. The van der Waals surface area contributed by atoms with Gasteiger partial charge in [0.1, 0.15) is 0 Å². The lowest BCUT2D eigenvalue weighted by molar-refractivity contribution is -0.0920. The van der Waals surface area contributed by atoms with Crippen LogP contribution in [0.5, 0.6) is 0 Å². The zero-order valence-electron chi connectivity index (χ0n) is 23.9. The minimum atomic E-state index is -0.964. The Morgan fingerprint density at radius 1 is 1.02 bits per heavy atom. The number of carbonyl (C=O) groups is 2. The van der Waals surface area contributed by atoms with Gasteiger partial charge in [0.25, 0.3) is 5.91 Å². The van der Waals surface area contributed by atoms with Crippen LogP contribution in [-0.4, -0.2) is 88.6 Å². The van der Waals surface area contributed by atoms with Gasteiger partial charge in [-0.15, -0.1) is 0 Å². The van der Waals surface area contributed by atoms with E-state index in [0.29, 0.717) is 25.3 Å². The number of imidazole rings is 1. The second kappa shape index (κ2) is 12.9. The molecule has 0 spiro atoms. The Bertz CT molecular complexity index is 1310. The summed E-state index contributed by atoms with van der Waals surface area (Å²) in [5, 5.41) is 9.72. The predicted molar refractivity (Wildman–Crippen MR) is 156 cm³/mol. The third kappa shape index (κ3) is 6.01. The normalized spacial score (nSPS) is 23.0. The Labute approximate surface area is 241 Å². The van der Waals surface area contributed by atoms with Crippen LogP contribution in [0.1, 0.15) is 54.2 Å². The Kier molecular flexibility index (Phi) is 9.05. The molecule has 1 N–H and O–H groups in total. The van der Waals surface area contributed by atoms with Crippen LogP contribution < -0.4 is 0 Å². The van der Waals surface area contributed by atoms with Gasteiger partial charge in [-0.1, -0.05) is 73.5 Å². The van der Waals surface area contributed by atoms with E-state index < -0.39 is 11.7 Å². The molecule has 3 atom stereocenters. The molecule has 1 saturated heterocycles. The average Bonchev–Trinajstić information content (AvgIpc) is 3.45. The number of carboxylic acid groups (broad SMARTS) is 1. The first-order chi connectivity index (χ1) is 20.0. The van der Waals surface area contributed by atoms with Crippen LogP contribution in [0.3, 0.4) is 0 Å². The second-order valence-corrected chi connectivity index (χ2v) is 11.1. The van der Waals surface area contributed by atoms with E-state index in [2.05, 4.69) is 4.57 Å². The molecular formula is C32H40N4O5. The number of carbonyl (C=O) groups excluding carboxylic acids is 1. The van der Waals surface area contributed by atoms with Gasteiger partial charge in [0, 0.05) is 52.4 Å². The fourth-order valence-electron chi connectivity index (χ4n) is 6.62. The number of rotatable bonds is 9. The zero-order valence-corrected chi connectivity index (χ0v) is 23.9. The zero-order chi connectivity index (χ0) is 28.8. The molecule has 218 valence electrons. The van der Waals surface area contributed by atoms with Crippen molar-refractivity contribution in [1.29, 1.82) is 0 Å². The van der Waals surface area contributed by atoms with Crippen molar-refractivity contribution >= 4 is 12.0 Å². The lowest BCUT2D eigenvalue weighted by Crippen LogP contribution is -2.57. The van der Waals surface area contributed by atoms with Crippen LogP contribution in [0.2, 0.25) is 0 Å². The minimum absolute atomic E-state index is 0.00960. The minimum Gasteiger partial charge on any atom is -0.465 e. The van der Waals surface area contributed by atoms with Crippen molar-refractivity contribution in [1.82, 2.24) is 19.4 Å². The number of aromatic nitrogens is 2. The molecule has 1 unspecified atom stereocenters. The highest BCUT2D eigenvalue weighted by molar-refractivity contribution is 5.98. The molecule has 9 heteroatoms. The molecule has 5 rings (SSSR count). The maximum absolute atomic E-state index is 14.4. The number of hydrogen-bond acceptors (Lipinski definition) is 5. The van der Waals surface area contributed by atoms with E-state index in [0.717, 1.165) is 48.9 Å². The smallest absolute Gasteiger partial charge is 0.407 e. The van der Waals surface area contributed by atoms with Gasteiger partial charge in [0.2, 0.25) is 0 Å². The molecule has 0 bridgehead atoms. The molecule has 2 aromatic carbocycles. The van der Waals surface area contributed by atoms with Gasteiger partial charge in [0.15, 0.2) is 5.69 Å². The summed E-state index contributed by atoms with van der Waals surface area (Å²) in [7, 11) is 3.48. The van der Waals surface area contributed by atoms with Gasteiger partial charge in [-0.05, 0) is 24.8 Å². The highest BCUT2D eigenvalue weighted by Crippen LogP contribution is 2.44. The third-order valence-electron chi connectivity index (χ3n) is 8.78. The van der Waals surface area contributed by atoms with Crippen LogP contribution in [0.15, 0.2) is 67.0 Å². The summed E-state index contributed by atoms with van der Waals surface area (Å²) in [6.07, 6.45) is 6.10. The summed E-state index contributed by atoms with van der Waals surface area (Å²) >= 11 is 0. The lowest BCUT2D eigenvalue weighted by Gasteiger charge is -2.44. The Morgan fingerprint density at radius 2 is 1.76 bits per heavy atom. The monoisotopic (exact) mass is 560 g/mol. The van der Waals surface area contributed by atoms with Gasteiger partial charge in [-0.3, -0.25) is 4.79 Å². The Hall–Kier alpha value is -3.69. The molecule has 0 radical (unpaired) electrons. The molecule has 2 amide bonds. The van der Waals surface area contributed by atoms with E-state index >= 15 is 0 Å². The number of amides is 2. The van der Waals surface area contributed by atoms with Crippen LogP contribution in [-0.2, 0) is 15.9 Å². The van der Waals surface area contributed by atoms with Crippen molar-refractivity contribution < 1.29 is 24.2 Å². The van der Waals surface area contributed by atoms with E-state index in [1.165, 1.54) is 4.90 Å². The maximum atomic E-state index is 14.4. The Balaban J connectivity index is 1.55. The van der Waals surface area contributed by atoms with Crippen LogP contribution in [0.4, 0.5) is 4.79 Å². The first-order valence-electron chi connectivity index (χ1n) is 14.5. The molecule has 1 saturated carbocycles. The van der Waals surface area contributed by atoms with Crippen LogP contribution in [0, 0.1) is 0 Å². The number of nitrogens with zero attached hydrogens (tertiary/aromatic N) is 4. The van der Waals surface area contributed by atoms with E-state index in [1.54, 1.807) is 20.5 Å². The van der Waals surface area contributed by atoms with E-state index in [4.69, 9.17) is 14.5 Å². The second-order valence-electron chi connectivity index (χ2n) is 11.1. The lowest BCUT2D eigenvalue weighted by atomic mass is 9.77. The van der Waals surface area contributed by atoms with Crippen molar-refractivity contribution in [2.24, 2.45) is 0 Å². The molecule has 1 aliphatic carbocycles. The fourth-order valence-corrected chi connectivity index (χ4v) is 6.62. The number of piperazine rings is 1. The molecule has 41 heavy (non-hydrogen) atoms. The average molecular weight is 561 g/mol. The Morgan fingerprint density at radius 3 is 2.44 bits per heavy atom. The molecule has 1 aliphatic heterocycles. The third-order valence-corrected chi connectivity index (χ3v) is 8.78. The molecule has 9 nitrogen and oxygen atoms in total. The van der Waals surface area contributed by atoms with E-state index in [9.17, 15) is 14.7 Å². The van der Waals surface area contributed by atoms with Gasteiger partial charge in [0.05, 0.1) is 29.7 Å². The largest absolute Gasteiger partial charge is 0.465 e. The standard InChI is InChI=1S/C32H40N4O5/c1-40-20-17-32(41-2)16-10-9-15-27(32)36-23-33-28(29(36)25-13-7-4-8-14-25)30(37)35-19-18-34(31(38)39)22-26(35)21-24-11-5-3-6-12-24/h3-8,11-14,23,26-27H,9-10,15-22H2,1-2H3,(H,38,39)/t26-,27+,32?/m1/s1. The summed E-state index contributed by atoms with van der Waals surface area (Å²) in [6.45, 7) is 1.41. The highest BCUT2D eigenvalue weighted by atomic mass is 16.5. The number of ether oxygens (including phenoxy) is 2. The highest BCUT2D eigenvalue weighted by Gasteiger charge is 2.44. The number of benzene rings is 2. The molecule has 2 aliphatic rings. The van der Waals surface area contributed by atoms with Gasteiger partial charge < -0.3 is 28.9 Å². The molecule has 3 aromatic rings. The van der Waals surface area contributed by atoms with E-state index in [-0.39, 0.29) is 31.1 Å². The summed E-state index contributed by atoms with van der Waals surface area (Å²) in [4.78, 5) is 34.3. The van der Waals surface area contributed by atoms with Gasteiger partial charge >= 0.3 is 6.09 Å². The first-order valence-corrected chi connectivity index (χ1v) is 14.5. The van der Waals surface area contributed by atoms with Crippen molar-refractivity contribution in [2.75, 3.05) is 40.5 Å². The molecule has 2 fully saturated rings. The maximum Gasteiger partial charge on any atom is 0.407 e. The van der Waals surface area contributed by atoms with Crippen molar-refractivity contribution in [3.05, 3.63) is 78.2 Å². The van der Waals surface area contributed by atoms with Crippen LogP contribution in [0.25, 0.3) is 11.3 Å². The van der Waals surface area contributed by atoms with Crippen molar-refractivity contribution in [3.63, 3.8) is 0 Å². The summed E-state index contributed by atoms with van der Waals surface area (Å²) in [5.74, 6) is -0.177. The van der Waals surface area contributed by atoms with E-state index in [1.807, 2.05) is 65.6 Å². The summed E-state index contributed by atoms with van der Waals surface area (Å²) in [6, 6.07) is 19.5. The van der Waals surface area contributed by atoms with Gasteiger partial charge in [-0.2, -0.15) is 0 Å². The van der Waals surface area contributed by atoms with Crippen LogP contribution >= 0.6 is 0 Å². The molecule has 1 aromatic heterocycles.